The molecule has 0 unspecified atom stereocenters. The summed E-state index contributed by atoms with van der Waals surface area (Å²) in [7, 11) is 0. The van der Waals surface area contributed by atoms with Gasteiger partial charge in [-0.2, -0.15) is 0 Å². The Morgan fingerprint density at radius 1 is 0.825 bits per heavy atom. The number of nitrogens with two attached hydrogens (primary N) is 1. The standard InChI is InChI=1S/C16H32N2O2.C14H25BrN2O3/c1-15(2,3)20-14(19)12-16(8-5-4-6-9-16)13-18-11-7-10-17;15-10-12(18)17-8-4-7-16-11-14(9-13(19)20)5-2-1-3-6-14/h18H,4-13,17H2,1-3H3;16H,1-11H2,(H,17,18)(H,19,20). The van der Waals surface area contributed by atoms with E-state index in [4.69, 9.17) is 15.6 Å². The summed E-state index contributed by atoms with van der Waals surface area (Å²) < 4.78 is 5.51. The van der Waals surface area contributed by atoms with Gasteiger partial charge in [0, 0.05) is 19.6 Å². The van der Waals surface area contributed by atoms with Gasteiger partial charge in [0.25, 0.3) is 0 Å². The maximum absolute atomic E-state index is 12.2. The molecule has 0 saturated heterocycles. The van der Waals surface area contributed by atoms with Crippen molar-refractivity contribution in [1.29, 1.82) is 0 Å². The van der Waals surface area contributed by atoms with Crippen molar-refractivity contribution in [2.45, 2.75) is 116 Å². The van der Waals surface area contributed by atoms with E-state index in [0.29, 0.717) is 24.8 Å². The van der Waals surface area contributed by atoms with Gasteiger partial charge < -0.3 is 31.5 Å². The zero-order valence-electron chi connectivity index (χ0n) is 25.4. The van der Waals surface area contributed by atoms with Crippen LogP contribution in [0.1, 0.15) is 111 Å². The normalized spacial score (nSPS) is 18.2. The van der Waals surface area contributed by atoms with E-state index in [9.17, 15) is 14.4 Å². The topological polar surface area (TPSA) is 143 Å². The van der Waals surface area contributed by atoms with Gasteiger partial charge in [-0.3, -0.25) is 14.4 Å². The summed E-state index contributed by atoms with van der Waals surface area (Å²) in [5.41, 5.74) is 5.15. The Bertz CT molecular complexity index is 732. The number of aliphatic carboxylic acids is 1. The van der Waals surface area contributed by atoms with Crippen molar-refractivity contribution in [3.63, 3.8) is 0 Å². The molecule has 0 atom stereocenters. The molecule has 0 aromatic carbocycles. The summed E-state index contributed by atoms with van der Waals surface area (Å²) in [5, 5.41) is 19.1. The molecule has 2 aliphatic rings. The lowest BCUT2D eigenvalue weighted by molar-refractivity contribution is -0.158. The summed E-state index contributed by atoms with van der Waals surface area (Å²) in [6.07, 6.45) is 14.2. The Balaban J connectivity index is 0.000000400. The largest absolute Gasteiger partial charge is 0.481 e. The number of ether oxygens (including phenoxy) is 1. The van der Waals surface area contributed by atoms with Crippen molar-refractivity contribution in [1.82, 2.24) is 16.0 Å². The fourth-order valence-corrected chi connectivity index (χ4v) is 6.06. The smallest absolute Gasteiger partial charge is 0.306 e. The lowest BCUT2D eigenvalue weighted by Gasteiger charge is -2.37. The third-order valence-electron chi connectivity index (χ3n) is 7.83. The summed E-state index contributed by atoms with van der Waals surface area (Å²) >= 11 is 3.10. The maximum atomic E-state index is 12.2. The molecule has 0 bridgehead atoms. The first kappa shape index (κ1) is 36.8. The van der Waals surface area contributed by atoms with E-state index in [1.165, 1.54) is 25.7 Å². The summed E-state index contributed by atoms with van der Waals surface area (Å²) in [4.78, 5) is 34.2. The number of carboxylic acid groups (broad SMARTS) is 1. The molecule has 2 rings (SSSR count). The molecule has 2 saturated carbocycles. The van der Waals surface area contributed by atoms with Crippen molar-refractivity contribution in [2.24, 2.45) is 16.6 Å². The van der Waals surface area contributed by atoms with Crippen LogP contribution >= 0.6 is 15.9 Å². The van der Waals surface area contributed by atoms with Gasteiger partial charge in [0.15, 0.2) is 0 Å². The predicted octanol–water partition coefficient (Wildman–Crippen LogP) is 4.51. The first-order valence-corrected chi connectivity index (χ1v) is 16.4. The number of halogens is 1. The quantitative estimate of drug-likeness (QED) is 0.0950. The van der Waals surface area contributed by atoms with Crippen molar-refractivity contribution in [2.75, 3.05) is 44.6 Å². The molecular weight excluding hydrogens is 576 g/mol. The van der Waals surface area contributed by atoms with Crippen LogP contribution in [-0.2, 0) is 19.1 Å². The van der Waals surface area contributed by atoms with Gasteiger partial charge in [-0.1, -0.05) is 54.5 Å². The highest BCUT2D eigenvalue weighted by atomic mass is 79.9. The van der Waals surface area contributed by atoms with Crippen LogP contribution < -0.4 is 21.7 Å². The Hall–Kier alpha value is -1.23. The summed E-state index contributed by atoms with van der Waals surface area (Å²) in [5.74, 6) is -0.752. The number of esters is 1. The monoisotopic (exact) mass is 632 g/mol. The number of amides is 1. The Morgan fingerprint density at radius 2 is 1.32 bits per heavy atom. The van der Waals surface area contributed by atoms with Crippen LogP contribution in [0.15, 0.2) is 0 Å². The first-order chi connectivity index (χ1) is 18.9. The number of alkyl halides is 1. The van der Waals surface area contributed by atoms with E-state index in [-0.39, 0.29) is 34.7 Å². The van der Waals surface area contributed by atoms with Crippen LogP contribution in [0.5, 0.6) is 0 Å². The summed E-state index contributed by atoms with van der Waals surface area (Å²) in [6.45, 7) is 10.6. The molecule has 1 amide bonds. The Morgan fingerprint density at radius 3 is 1.77 bits per heavy atom. The number of carbonyl (C=O) groups is 3. The molecule has 6 N–H and O–H groups in total. The minimum atomic E-state index is -0.696. The molecule has 0 aromatic heterocycles. The minimum Gasteiger partial charge on any atom is -0.481 e. The molecule has 0 aromatic rings. The highest BCUT2D eigenvalue weighted by molar-refractivity contribution is 9.09. The predicted molar refractivity (Wildman–Crippen MR) is 165 cm³/mol. The van der Waals surface area contributed by atoms with E-state index < -0.39 is 5.97 Å². The molecule has 40 heavy (non-hydrogen) atoms. The molecule has 2 fully saturated rings. The van der Waals surface area contributed by atoms with Crippen molar-refractivity contribution >= 4 is 33.8 Å². The first-order valence-electron chi connectivity index (χ1n) is 15.3. The highest BCUT2D eigenvalue weighted by Gasteiger charge is 2.36. The molecule has 2 aliphatic carbocycles. The number of rotatable bonds is 16. The Kier molecular flexibility index (Phi) is 18.2. The SMILES string of the molecule is CC(C)(C)OC(=O)CC1(CNCCCN)CCCCC1.O=C(O)CC1(CNCCCNC(=O)CBr)CCCCC1. The third-order valence-corrected chi connectivity index (χ3v) is 8.33. The van der Waals surface area contributed by atoms with E-state index >= 15 is 0 Å². The highest BCUT2D eigenvalue weighted by Crippen LogP contribution is 2.40. The van der Waals surface area contributed by atoms with E-state index in [0.717, 1.165) is 77.5 Å². The van der Waals surface area contributed by atoms with Gasteiger partial charge >= 0.3 is 11.9 Å². The fraction of sp³-hybridized carbons (Fsp3) is 0.900. The second-order valence-electron chi connectivity index (χ2n) is 12.8. The van der Waals surface area contributed by atoms with Gasteiger partial charge in [0.05, 0.1) is 18.2 Å². The lowest BCUT2D eigenvalue weighted by atomic mass is 9.71. The van der Waals surface area contributed by atoms with Gasteiger partial charge in [-0.15, -0.1) is 0 Å². The van der Waals surface area contributed by atoms with Gasteiger partial charge in [0.1, 0.15) is 5.60 Å². The Labute approximate surface area is 251 Å². The van der Waals surface area contributed by atoms with E-state index in [2.05, 4.69) is 31.9 Å². The fourth-order valence-electron chi connectivity index (χ4n) is 5.86. The van der Waals surface area contributed by atoms with Crippen LogP contribution in [0.3, 0.4) is 0 Å². The number of carbonyl (C=O) groups excluding carboxylic acids is 2. The number of hydrogen-bond acceptors (Lipinski definition) is 7. The molecular formula is C30H57BrN4O5. The van der Waals surface area contributed by atoms with Crippen LogP contribution in [-0.4, -0.2) is 73.2 Å². The van der Waals surface area contributed by atoms with E-state index in [1.807, 2.05) is 20.8 Å². The van der Waals surface area contributed by atoms with Crippen LogP contribution in [0.25, 0.3) is 0 Å². The van der Waals surface area contributed by atoms with Gasteiger partial charge in [-0.05, 0) is 89.8 Å². The summed E-state index contributed by atoms with van der Waals surface area (Å²) in [6, 6.07) is 0. The van der Waals surface area contributed by atoms with E-state index in [1.54, 1.807) is 0 Å². The molecule has 0 heterocycles. The number of carboxylic acids is 1. The second-order valence-corrected chi connectivity index (χ2v) is 13.3. The zero-order valence-corrected chi connectivity index (χ0v) is 27.0. The second kappa shape index (κ2) is 19.8. The zero-order chi connectivity index (χ0) is 29.9. The van der Waals surface area contributed by atoms with Crippen molar-refractivity contribution in [3.05, 3.63) is 0 Å². The van der Waals surface area contributed by atoms with Crippen molar-refractivity contribution in [3.8, 4) is 0 Å². The molecule has 9 nitrogen and oxygen atoms in total. The van der Waals surface area contributed by atoms with Crippen LogP contribution in [0.2, 0.25) is 0 Å². The minimum absolute atomic E-state index is 0.000344. The molecule has 0 aliphatic heterocycles. The van der Waals surface area contributed by atoms with Crippen LogP contribution in [0.4, 0.5) is 0 Å². The van der Waals surface area contributed by atoms with Crippen LogP contribution in [0, 0.1) is 10.8 Å². The number of nitrogens with one attached hydrogen (secondary N) is 3. The average molecular weight is 634 g/mol. The lowest BCUT2D eigenvalue weighted by Crippen LogP contribution is -2.40. The van der Waals surface area contributed by atoms with Gasteiger partial charge in [0.2, 0.25) is 5.91 Å². The van der Waals surface area contributed by atoms with Crippen molar-refractivity contribution < 1.29 is 24.2 Å². The van der Waals surface area contributed by atoms with Gasteiger partial charge in [-0.25, -0.2) is 0 Å². The average Bonchev–Trinajstić information content (AvgIpc) is 2.88. The molecule has 0 spiro atoms. The number of hydrogen-bond donors (Lipinski definition) is 5. The molecule has 10 heteroatoms. The molecule has 234 valence electrons. The maximum Gasteiger partial charge on any atom is 0.306 e. The third kappa shape index (κ3) is 16.9. The molecule has 0 radical (unpaired) electrons.